The second-order valence-corrected chi connectivity index (χ2v) is 5.18. The van der Waals surface area contributed by atoms with Gasteiger partial charge >= 0.3 is 0 Å². The lowest BCUT2D eigenvalue weighted by Crippen LogP contribution is -2.32. The molecule has 0 saturated carbocycles. The Morgan fingerprint density at radius 2 is 2.39 bits per heavy atom. The summed E-state index contributed by atoms with van der Waals surface area (Å²) in [5, 5.41) is 21.0. The molecule has 2 N–H and O–H groups in total. The van der Waals surface area contributed by atoms with E-state index in [0.29, 0.717) is 5.69 Å². The summed E-state index contributed by atoms with van der Waals surface area (Å²) >= 11 is 1.54. The van der Waals surface area contributed by atoms with Crippen molar-refractivity contribution in [1.29, 1.82) is 5.26 Å². The van der Waals surface area contributed by atoms with Crippen molar-refractivity contribution in [2.45, 2.75) is 12.8 Å². The Bertz CT molecular complexity index is 638. The van der Waals surface area contributed by atoms with E-state index in [4.69, 9.17) is 0 Å². The number of carbonyl (C=O) groups is 1. The lowest BCUT2D eigenvalue weighted by Gasteiger charge is -2.25. The number of nitrogens with one attached hydrogen (secondary N) is 2. The van der Waals surface area contributed by atoms with Crippen molar-refractivity contribution in [1.82, 2.24) is 10.2 Å². The summed E-state index contributed by atoms with van der Waals surface area (Å²) in [5.41, 5.74) is 2.28. The number of H-pyrrole nitrogens is 1. The van der Waals surface area contributed by atoms with E-state index in [9.17, 15) is 10.1 Å². The normalized spacial score (nSPS) is 22.1. The Balaban J connectivity index is 2.19. The van der Waals surface area contributed by atoms with E-state index in [1.54, 1.807) is 0 Å². The van der Waals surface area contributed by atoms with E-state index in [2.05, 4.69) is 21.6 Å². The highest BCUT2D eigenvalue weighted by Crippen LogP contribution is 2.41. The van der Waals surface area contributed by atoms with Crippen molar-refractivity contribution in [2.24, 2.45) is 5.92 Å². The lowest BCUT2D eigenvalue weighted by molar-refractivity contribution is -0.119. The third kappa shape index (κ3) is 1.45. The van der Waals surface area contributed by atoms with Crippen LogP contribution in [0.25, 0.3) is 0 Å². The molecule has 18 heavy (non-hydrogen) atoms. The Morgan fingerprint density at radius 1 is 1.56 bits per heavy atom. The molecule has 1 aliphatic heterocycles. The summed E-state index contributed by atoms with van der Waals surface area (Å²) < 4.78 is 0. The molecule has 0 fully saturated rings. The van der Waals surface area contributed by atoms with Crippen LogP contribution in [0.5, 0.6) is 0 Å². The van der Waals surface area contributed by atoms with Gasteiger partial charge in [-0.2, -0.15) is 10.4 Å². The van der Waals surface area contributed by atoms with Crippen LogP contribution in [0.1, 0.15) is 22.2 Å². The van der Waals surface area contributed by atoms with E-state index < -0.39 is 5.92 Å². The van der Waals surface area contributed by atoms with Crippen LogP contribution in [-0.4, -0.2) is 16.1 Å². The van der Waals surface area contributed by atoms with Gasteiger partial charge < -0.3 is 5.32 Å². The van der Waals surface area contributed by atoms with Crippen LogP contribution in [0.4, 0.5) is 5.69 Å². The number of nitriles is 1. The zero-order valence-corrected chi connectivity index (χ0v) is 10.4. The predicted octanol–water partition coefficient (Wildman–Crippen LogP) is 2.00. The van der Waals surface area contributed by atoms with Gasteiger partial charge in [0.05, 0.1) is 29.1 Å². The SMILES string of the molecule is Cc1[nH]nc2c1NC(=O)[C@H](C#N)[C@@H]2c1cccs1. The molecule has 0 saturated heterocycles. The van der Waals surface area contributed by atoms with Gasteiger partial charge in [-0.25, -0.2) is 0 Å². The Labute approximate surface area is 107 Å². The molecule has 90 valence electrons. The molecule has 2 aromatic rings. The van der Waals surface area contributed by atoms with E-state index in [1.165, 1.54) is 11.3 Å². The Kier molecular flexibility index (Phi) is 2.42. The van der Waals surface area contributed by atoms with Crippen LogP contribution in [0, 0.1) is 24.2 Å². The minimum absolute atomic E-state index is 0.257. The molecule has 3 heterocycles. The predicted molar refractivity (Wildman–Crippen MR) is 67.2 cm³/mol. The summed E-state index contributed by atoms with van der Waals surface area (Å²) in [6.07, 6.45) is 0. The maximum Gasteiger partial charge on any atom is 0.242 e. The summed E-state index contributed by atoms with van der Waals surface area (Å²) in [6, 6.07) is 5.94. The largest absolute Gasteiger partial charge is 0.322 e. The molecule has 0 aliphatic carbocycles. The fourth-order valence-corrected chi connectivity index (χ4v) is 3.11. The highest BCUT2D eigenvalue weighted by molar-refractivity contribution is 7.10. The molecule has 0 radical (unpaired) electrons. The molecule has 2 atom stereocenters. The first-order chi connectivity index (χ1) is 8.72. The number of amides is 1. The molecule has 1 amide bonds. The second kappa shape index (κ2) is 3.96. The molecule has 0 spiro atoms. The minimum atomic E-state index is -0.723. The van der Waals surface area contributed by atoms with Gasteiger partial charge in [0, 0.05) is 4.88 Å². The monoisotopic (exact) mass is 258 g/mol. The molecular weight excluding hydrogens is 248 g/mol. The molecular formula is C12H10N4OS. The first-order valence-corrected chi connectivity index (χ1v) is 6.39. The van der Waals surface area contributed by atoms with Crippen molar-refractivity contribution in [3.63, 3.8) is 0 Å². The van der Waals surface area contributed by atoms with Gasteiger partial charge in [0.1, 0.15) is 5.92 Å². The number of fused-ring (bicyclic) bond motifs is 1. The average Bonchev–Trinajstić information content (AvgIpc) is 2.99. The summed E-state index contributed by atoms with van der Waals surface area (Å²) in [4.78, 5) is 13.0. The minimum Gasteiger partial charge on any atom is -0.322 e. The standard InChI is InChI=1S/C12H10N4OS/c1-6-10-11(16-15-6)9(8-3-2-4-18-8)7(5-13)12(17)14-10/h2-4,7,9H,1H3,(H,14,17)(H,15,16)/t7-,9-/m1/s1. The number of nitrogens with zero attached hydrogens (tertiary/aromatic N) is 2. The number of hydrogen-bond acceptors (Lipinski definition) is 4. The van der Waals surface area contributed by atoms with Crippen LogP contribution in [-0.2, 0) is 4.79 Å². The van der Waals surface area contributed by atoms with Gasteiger partial charge in [0.2, 0.25) is 5.91 Å². The van der Waals surface area contributed by atoms with Crippen LogP contribution in [0.2, 0.25) is 0 Å². The fraction of sp³-hybridized carbons (Fsp3) is 0.250. The summed E-state index contributed by atoms with van der Waals surface area (Å²) in [5.74, 6) is -1.25. The third-order valence-electron chi connectivity index (χ3n) is 3.12. The van der Waals surface area contributed by atoms with Gasteiger partial charge in [0.15, 0.2) is 0 Å². The van der Waals surface area contributed by atoms with Crippen LogP contribution in [0.15, 0.2) is 17.5 Å². The second-order valence-electron chi connectivity index (χ2n) is 4.20. The number of hydrogen-bond donors (Lipinski definition) is 2. The first kappa shape index (κ1) is 11.0. The maximum atomic E-state index is 12.0. The number of thiophene rings is 1. The van der Waals surface area contributed by atoms with Crippen molar-refractivity contribution in [3.8, 4) is 6.07 Å². The zero-order chi connectivity index (χ0) is 12.7. The Morgan fingerprint density at radius 3 is 3.06 bits per heavy atom. The van der Waals surface area contributed by atoms with Crippen molar-refractivity contribution < 1.29 is 4.79 Å². The van der Waals surface area contributed by atoms with Crippen LogP contribution >= 0.6 is 11.3 Å². The van der Waals surface area contributed by atoms with Gasteiger partial charge in [-0.05, 0) is 18.4 Å². The molecule has 0 bridgehead atoms. The number of anilines is 1. The molecule has 3 rings (SSSR count). The van der Waals surface area contributed by atoms with Gasteiger partial charge in [-0.3, -0.25) is 9.89 Å². The smallest absolute Gasteiger partial charge is 0.242 e. The first-order valence-electron chi connectivity index (χ1n) is 5.51. The molecule has 6 heteroatoms. The van der Waals surface area contributed by atoms with Gasteiger partial charge in [0.25, 0.3) is 0 Å². The average molecular weight is 258 g/mol. The topological polar surface area (TPSA) is 81.6 Å². The molecule has 0 aromatic carbocycles. The quantitative estimate of drug-likeness (QED) is 0.820. The number of aromatic nitrogens is 2. The van der Waals surface area contributed by atoms with Crippen molar-refractivity contribution in [3.05, 3.63) is 33.8 Å². The number of aromatic amines is 1. The summed E-state index contributed by atoms with van der Waals surface area (Å²) in [6.45, 7) is 1.85. The van der Waals surface area contributed by atoms with Gasteiger partial charge in [-0.15, -0.1) is 11.3 Å². The van der Waals surface area contributed by atoms with E-state index in [-0.39, 0.29) is 11.8 Å². The highest BCUT2D eigenvalue weighted by Gasteiger charge is 2.40. The van der Waals surface area contributed by atoms with Gasteiger partial charge in [-0.1, -0.05) is 6.07 Å². The van der Waals surface area contributed by atoms with E-state index >= 15 is 0 Å². The van der Waals surface area contributed by atoms with Crippen LogP contribution < -0.4 is 5.32 Å². The number of aryl methyl sites for hydroxylation is 1. The highest BCUT2D eigenvalue weighted by atomic mass is 32.1. The van der Waals surface area contributed by atoms with Crippen molar-refractivity contribution in [2.75, 3.05) is 5.32 Å². The van der Waals surface area contributed by atoms with Crippen molar-refractivity contribution >= 4 is 22.9 Å². The maximum absolute atomic E-state index is 12.0. The van der Waals surface area contributed by atoms with E-state index in [1.807, 2.05) is 24.4 Å². The summed E-state index contributed by atoms with van der Waals surface area (Å²) in [7, 11) is 0. The number of carbonyl (C=O) groups excluding carboxylic acids is 1. The third-order valence-corrected chi connectivity index (χ3v) is 4.08. The Hall–Kier alpha value is -2.13. The molecule has 5 nitrogen and oxygen atoms in total. The molecule has 2 aromatic heterocycles. The van der Waals surface area contributed by atoms with Crippen LogP contribution in [0.3, 0.4) is 0 Å². The lowest BCUT2D eigenvalue weighted by atomic mass is 9.84. The number of rotatable bonds is 1. The molecule has 1 aliphatic rings. The molecule has 0 unspecified atom stereocenters. The zero-order valence-electron chi connectivity index (χ0n) is 9.60. The fourth-order valence-electron chi connectivity index (χ4n) is 2.24. The van der Waals surface area contributed by atoms with E-state index in [0.717, 1.165) is 16.3 Å².